The monoisotopic (exact) mass is 247 g/mol. The molecule has 2 heterocycles. The van der Waals surface area contributed by atoms with E-state index in [0.717, 1.165) is 24.9 Å². The first-order valence-corrected chi connectivity index (χ1v) is 7.48. The molecule has 1 aliphatic heterocycles. The summed E-state index contributed by atoms with van der Waals surface area (Å²) in [6, 6.07) is 0.689. The standard InChI is InChI=1S/C15H25N3/c1-11-3-4-14(7-12(11)2)18-10-17-9-15(18)13-5-6-16-8-13/h9-14,16H,3-8H2,1-2H3. The second-order valence-corrected chi connectivity index (χ2v) is 6.34. The average molecular weight is 247 g/mol. The van der Waals surface area contributed by atoms with Gasteiger partial charge in [0.05, 0.1) is 6.33 Å². The third-order valence-corrected chi connectivity index (χ3v) is 5.14. The third kappa shape index (κ3) is 2.20. The predicted molar refractivity (Wildman–Crippen MR) is 73.7 cm³/mol. The van der Waals surface area contributed by atoms with Crippen LogP contribution in [0.5, 0.6) is 0 Å². The minimum atomic E-state index is 0.683. The molecule has 2 aliphatic rings. The zero-order chi connectivity index (χ0) is 12.5. The minimum absolute atomic E-state index is 0.683. The van der Waals surface area contributed by atoms with Crippen molar-refractivity contribution in [3.05, 3.63) is 18.2 Å². The normalized spacial score (nSPS) is 37.0. The van der Waals surface area contributed by atoms with Crippen LogP contribution in [0.15, 0.2) is 12.5 Å². The van der Waals surface area contributed by atoms with E-state index in [-0.39, 0.29) is 0 Å². The summed E-state index contributed by atoms with van der Waals surface area (Å²) in [4.78, 5) is 4.42. The van der Waals surface area contributed by atoms with Crippen LogP contribution in [0.1, 0.15) is 57.2 Å². The van der Waals surface area contributed by atoms with E-state index in [0.29, 0.717) is 12.0 Å². The Morgan fingerprint density at radius 1 is 1.22 bits per heavy atom. The molecule has 0 spiro atoms. The molecule has 1 aromatic rings. The molecule has 100 valence electrons. The van der Waals surface area contributed by atoms with Crippen molar-refractivity contribution in [1.82, 2.24) is 14.9 Å². The Morgan fingerprint density at radius 3 is 2.83 bits per heavy atom. The summed E-state index contributed by atoms with van der Waals surface area (Å²) in [6.45, 7) is 7.10. The fraction of sp³-hybridized carbons (Fsp3) is 0.800. The number of aromatic nitrogens is 2. The Balaban J connectivity index is 1.78. The molecular formula is C15H25N3. The van der Waals surface area contributed by atoms with Crippen LogP contribution in [0, 0.1) is 11.8 Å². The van der Waals surface area contributed by atoms with Gasteiger partial charge in [0.15, 0.2) is 0 Å². The number of nitrogens with one attached hydrogen (secondary N) is 1. The highest BCUT2D eigenvalue weighted by atomic mass is 15.1. The fourth-order valence-electron chi connectivity index (χ4n) is 3.62. The van der Waals surface area contributed by atoms with Gasteiger partial charge < -0.3 is 9.88 Å². The van der Waals surface area contributed by atoms with Crippen molar-refractivity contribution in [2.24, 2.45) is 11.8 Å². The van der Waals surface area contributed by atoms with Crippen molar-refractivity contribution in [2.75, 3.05) is 13.1 Å². The summed E-state index contributed by atoms with van der Waals surface area (Å²) >= 11 is 0. The number of hydrogen-bond acceptors (Lipinski definition) is 2. The van der Waals surface area contributed by atoms with E-state index in [1.54, 1.807) is 0 Å². The topological polar surface area (TPSA) is 29.9 Å². The number of rotatable bonds is 2. The maximum Gasteiger partial charge on any atom is 0.0950 e. The van der Waals surface area contributed by atoms with Gasteiger partial charge in [-0.15, -0.1) is 0 Å². The van der Waals surface area contributed by atoms with Crippen molar-refractivity contribution < 1.29 is 0 Å². The first-order chi connectivity index (χ1) is 8.75. The van der Waals surface area contributed by atoms with Gasteiger partial charge in [0.2, 0.25) is 0 Å². The van der Waals surface area contributed by atoms with Crippen LogP contribution in [0.3, 0.4) is 0 Å². The van der Waals surface area contributed by atoms with Crippen LogP contribution >= 0.6 is 0 Å². The lowest BCUT2D eigenvalue weighted by Gasteiger charge is -2.34. The highest BCUT2D eigenvalue weighted by molar-refractivity contribution is 5.11. The van der Waals surface area contributed by atoms with E-state index in [2.05, 4.69) is 41.2 Å². The van der Waals surface area contributed by atoms with Crippen LogP contribution in [0.2, 0.25) is 0 Å². The Kier molecular flexibility index (Phi) is 3.42. The van der Waals surface area contributed by atoms with Crippen LogP contribution in [-0.2, 0) is 0 Å². The van der Waals surface area contributed by atoms with Gasteiger partial charge in [-0.25, -0.2) is 4.98 Å². The molecule has 0 aromatic carbocycles. The van der Waals surface area contributed by atoms with E-state index in [4.69, 9.17) is 0 Å². The van der Waals surface area contributed by atoms with Crippen LogP contribution in [0.4, 0.5) is 0 Å². The molecule has 2 fully saturated rings. The predicted octanol–water partition coefficient (Wildman–Crippen LogP) is 2.96. The van der Waals surface area contributed by atoms with E-state index in [1.165, 1.54) is 31.4 Å². The molecular weight excluding hydrogens is 222 g/mol. The van der Waals surface area contributed by atoms with E-state index >= 15 is 0 Å². The summed E-state index contributed by atoms with van der Waals surface area (Å²) in [7, 11) is 0. The van der Waals surface area contributed by atoms with E-state index < -0.39 is 0 Å². The van der Waals surface area contributed by atoms with Crippen LogP contribution < -0.4 is 5.32 Å². The molecule has 3 nitrogen and oxygen atoms in total. The van der Waals surface area contributed by atoms with Crippen LogP contribution in [0.25, 0.3) is 0 Å². The van der Waals surface area contributed by atoms with Crippen molar-refractivity contribution in [1.29, 1.82) is 0 Å². The summed E-state index contributed by atoms with van der Waals surface area (Å²) < 4.78 is 2.49. The number of hydrogen-bond donors (Lipinski definition) is 1. The molecule has 1 aromatic heterocycles. The smallest absolute Gasteiger partial charge is 0.0950 e. The van der Waals surface area contributed by atoms with Gasteiger partial charge in [-0.3, -0.25) is 0 Å². The first kappa shape index (κ1) is 12.2. The van der Waals surface area contributed by atoms with Gasteiger partial charge in [-0.05, 0) is 44.1 Å². The highest BCUT2D eigenvalue weighted by Gasteiger charge is 2.28. The SMILES string of the molecule is CC1CCC(n2cncc2C2CCNC2)CC1C. The molecule has 1 N–H and O–H groups in total. The summed E-state index contributed by atoms with van der Waals surface area (Å²) in [5.74, 6) is 2.42. The Bertz CT molecular complexity index is 392. The lowest BCUT2D eigenvalue weighted by atomic mass is 9.79. The third-order valence-electron chi connectivity index (χ3n) is 5.14. The molecule has 1 saturated carbocycles. The molecule has 3 rings (SSSR count). The molecule has 4 unspecified atom stereocenters. The van der Waals surface area contributed by atoms with Gasteiger partial charge in [0, 0.05) is 30.4 Å². The van der Waals surface area contributed by atoms with Crippen molar-refractivity contribution in [2.45, 2.75) is 51.5 Å². The fourth-order valence-corrected chi connectivity index (χ4v) is 3.62. The maximum absolute atomic E-state index is 4.42. The lowest BCUT2D eigenvalue weighted by Crippen LogP contribution is -2.25. The van der Waals surface area contributed by atoms with Gasteiger partial charge in [-0.1, -0.05) is 13.8 Å². The van der Waals surface area contributed by atoms with Crippen molar-refractivity contribution >= 4 is 0 Å². The lowest BCUT2D eigenvalue weighted by molar-refractivity contribution is 0.207. The highest BCUT2D eigenvalue weighted by Crippen LogP contribution is 2.38. The molecule has 0 amide bonds. The van der Waals surface area contributed by atoms with Gasteiger partial charge in [0.25, 0.3) is 0 Å². The van der Waals surface area contributed by atoms with Crippen LogP contribution in [-0.4, -0.2) is 22.6 Å². The Labute approximate surface area is 110 Å². The molecule has 3 heteroatoms. The van der Waals surface area contributed by atoms with E-state index in [9.17, 15) is 0 Å². The summed E-state index contributed by atoms with van der Waals surface area (Å²) in [6.07, 6.45) is 9.46. The first-order valence-electron chi connectivity index (χ1n) is 7.48. The quantitative estimate of drug-likeness (QED) is 0.870. The zero-order valence-electron chi connectivity index (χ0n) is 11.6. The summed E-state index contributed by atoms with van der Waals surface area (Å²) in [5, 5.41) is 3.47. The Morgan fingerprint density at radius 2 is 2.11 bits per heavy atom. The second kappa shape index (κ2) is 5.04. The number of imidazole rings is 1. The second-order valence-electron chi connectivity index (χ2n) is 6.34. The van der Waals surface area contributed by atoms with Gasteiger partial charge >= 0.3 is 0 Å². The maximum atomic E-state index is 4.42. The van der Waals surface area contributed by atoms with Gasteiger partial charge in [-0.2, -0.15) is 0 Å². The van der Waals surface area contributed by atoms with E-state index in [1.807, 2.05) is 0 Å². The molecule has 0 radical (unpaired) electrons. The molecule has 18 heavy (non-hydrogen) atoms. The average Bonchev–Trinajstić information content (AvgIpc) is 3.00. The van der Waals surface area contributed by atoms with Gasteiger partial charge in [0.1, 0.15) is 0 Å². The minimum Gasteiger partial charge on any atom is -0.331 e. The molecule has 0 bridgehead atoms. The Hall–Kier alpha value is -0.830. The zero-order valence-corrected chi connectivity index (χ0v) is 11.6. The van der Waals surface area contributed by atoms with Crippen molar-refractivity contribution in [3.8, 4) is 0 Å². The molecule has 1 aliphatic carbocycles. The summed E-state index contributed by atoms with van der Waals surface area (Å²) in [5.41, 5.74) is 1.46. The molecule has 1 saturated heterocycles. The number of nitrogens with zero attached hydrogens (tertiary/aromatic N) is 2. The van der Waals surface area contributed by atoms with Crippen molar-refractivity contribution in [3.63, 3.8) is 0 Å². The molecule has 4 atom stereocenters. The largest absolute Gasteiger partial charge is 0.331 e.